The van der Waals surface area contributed by atoms with Gasteiger partial charge in [-0.2, -0.15) is 0 Å². The van der Waals surface area contributed by atoms with E-state index in [1.165, 1.54) is 0 Å². The summed E-state index contributed by atoms with van der Waals surface area (Å²) in [5.74, 6) is 0.700. The average Bonchev–Trinajstić information content (AvgIpc) is 2.21. The molecule has 2 rings (SSSR count). The predicted molar refractivity (Wildman–Crippen MR) is 62.7 cm³/mol. The number of hydrogen-bond acceptors (Lipinski definition) is 3. The number of nitrogens with two attached hydrogens (primary N) is 1. The molecule has 1 aliphatic heterocycles. The summed E-state index contributed by atoms with van der Waals surface area (Å²) in [6.07, 6.45) is 0.830. The highest BCUT2D eigenvalue weighted by atomic mass is 35.5. The van der Waals surface area contributed by atoms with Crippen LogP contribution in [0.2, 0.25) is 5.02 Å². The molecule has 0 saturated heterocycles. The molecule has 1 atom stereocenters. The molecular formula is C10H11ClN2S. The number of hydrogen-bond donors (Lipinski definition) is 1. The zero-order chi connectivity index (χ0) is 10.1. The van der Waals surface area contributed by atoms with Crippen molar-refractivity contribution in [3.63, 3.8) is 0 Å². The molecule has 4 heteroatoms. The van der Waals surface area contributed by atoms with E-state index in [0.29, 0.717) is 11.1 Å². The lowest BCUT2D eigenvalue weighted by Gasteiger charge is -2.07. The van der Waals surface area contributed by atoms with Gasteiger partial charge in [0.1, 0.15) is 5.84 Å². The van der Waals surface area contributed by atoms with Crippen LogP contribution in [0.5, 0.6) is 0 Å². The van der Waals surface area contributed by atoms with Gasteiger partial charge in [-0.05, 0) is 18.2 Å². The second-order valence-electron chi connectivity index (χ2n) is 3.35. The Balaban J connectivity index is 2.48. The van der Waals surface area contributed by atoms with Crippen molar-refractivity contribution in [3.8, 4) is 0 Å². The summed E-state index contributed by atoms with van der Waals surface area (Å²) in [5.41, 5.74) is 6.71. The van der Waals surface area contributed by atoms with Gasteiger partial charge in [0.2, 0.25) is 0 Å². The predicted octanol–water partition coefficient (Wildman–Crippen LogP) is 3.21. The number of nitrogens with zero attached hydrogens (tertiary/aromatic N) is 1. The number of rotatable bonds is 0. The number of aliphatic imine (C=N–C) groups is 1. The van der Waals surface area contributed by atoms with E-state index in [0.717, 1.165) is 22.0 Å². The fourth-order valence-electron chi connectivity index (χ4n) is 1.43. The Labute approximate surface area is 92.5 Å². The number of halogens is 1. The molecule has 0 aliphatic carbocycles. The Morgan fingerprint density at radius 1 is 1.57 bits per heavy atom. The summed E-state index contributed by atoms with van der Waals surface area (Å²) in [7, 11) is 0. The molecule has 0 amide bonds. The lowest BCUT2D eigenvalue weighted by molar-refractivity contribution is 1.01. The number of thioether (sulfide) groups is 1. The van der Waals surface area contributed by atoms with Crippen LogP contribution >= 0.6 is 23.4 Å². The van der Waals surface area contributed by atoms with Crippen LogP contribution in [0.1, 0.15) is 13.3 Å². The fourth-order valence-corrected chi connectivity index (χ4v) is 2.78. The normalized spacial score (nSPS) is 21.0. The van der Waals surface area contributed by atoms with Crippen LogP contribution in [0.3, 0.4) is 0 Å². The van der Waals surface area contributed by atoms with E-state index < -0.39 is 0 Å². The molecule has 0 aromatic heterocycles. The van der Waals surface area contributed by atoms with E-state index >= 15 is 0 Å². The Hall–Kier alpha value is -0.670. The highest BCUT2D eigenvalue weighted by Gasteiger charge is 2.14. The standard InChI is InChI=1S/C10H11ClN2S/c1-6-4-10(12)13-8-3-2-7(11)5-9(8)14-6/h2-3,5-6H,4H2,1H3,(H2,12,13). The number of amidine groups is 1. The van der Waals surface area contributed by atoms with Gasteiger partial charge in [-0.15, -0.1) is 11.8 Å². The van der Waals surface area contributed by atoms with Crippen LogP contribution in [-0.2, 0) is 0 Å². The molecule has 1 unspecified atom stereocenters. The van der Waals surface area contributed by atoms with Crippen LogP contribution in [0.4, 0.5) is 5.69 Å². The van der Waals surface area contributed by atoms with Crippen LogP contribution in [0, 0.1) is 0 Å². The Kier molecular flexibility index (Phi) is 2.70. The van der Waals surface area contributed by atoms with Gasteiger partial charge in [0, 0.05) is 21.6 Å². The Morgan fingerprint density at radius 2 is 2.36 bits per heavy atom. The van der Waals surface area contributed by atoms with Gasteiger partial charge in [0.25, 0.3) is 0 Å². The van der Waals surface area contributed by atoms with Crippen LogP contribution < -0.4 is 5.73 Å². The maximum atomic E-state index is 5.92. The average molecular weight is 227 g/mol. The molecule has 2 nitrogen and oxygen atoms in total. The fraction of sp³-hybridized carbons (Fsp3) is 0.300. The van der Waals surface area contributed by atoms with Gasteiger partial charge in [-0.3, -0.25) is 0 Å². The minimum Gasteiger partial charge on any atom is -0.387 e. The molecule has 0 spiro atoms. The SMILES string of the molecule is CC1CC(N)=Nc2ccc(Cl)cc2S1. The first-order chi connectivity index (χ1) is 6.65. The van der Waals surface area contributed by atoms with Crippen molar-refractivity contribution in [3.05, 3.63) is 23.2 Å². The summed E-state index contributed by atoms with van der Waals surface area (Å²) in [6, 6.07) is 5.70. The summed E-state index contributed by atoms with van der Waals surface area (Å²) in [6.45, 7) is 2.14. The van der Waals surface area contributed by atoms with Gasteiger partial charge >= 0.3 is 0 Å². The maximum absolute atomic E-state index is 5.92. The Bertz CT molecular complexity index is 390. The van der Waals surface area contributed by atoms with E-state index in [1.807, 2.05) is 18.2 Å². The van der Waals surface area contributed by atoms with Crippen LogP contribution in [0.15, 0.2) is 28.1 Å². The van der Waals surface area contributed by atoms with Gasteiger partial charge in [-0.1, -0.05) is 18.5 Å². The van der Waals surface area contributed by atoms with Gasteiger partial charge in [0.15, 0.2) is 0 Å². The van der Waals surface area contributed by atoms with Gasteiger partial charge in [-0.25, -0.2) is 4.99 Å². The highest BCUT2D eigenvalue weighted by molar-refractivity contribution is 8.00. The minimum absolute atomic E-state index is 0.457. The first-order valence-corrected chi connectivity index (χ1v) is 5.70. The van der Waals surface area contributed by atoms with E-state index in [1.54, 1.807) is 11.8 Å². The summed E-state index contributed by atoms with van der Waals surface area (Å²) >= 11 is 7.69. The number of fused-ring (bicyclic) bond motifs is 1. The van der Waals surface area contributed by atoms with Crippen molar-refractivity contribution in [2.45, 2.75) is 23.5 Å². The summed E-state index contributed by atoms with van der Waals surface area (Å²) < 4.78 is 0. The smallest absolute Gasteiger partial charge is 0.101 e. The third-order valence-electron chi connectivity index (χ3n) is 2.01. The lowest BCUT2D eigenvalue weighted by atomic mass is 10.3. The molecular weight excluding hydrogens is 216 g/mol. The molecule has 1 aliphatic rings. The van der Waals surface area contributed by atoms with E-state index in [-0.39, 0.29) is 0 Å². The highest BCUT2D eigenvalue weighted by Crippen LogP contribution is 2.37. The lowest BCUT2D eigenvalue weighted by Crippen LogP contribution is -2.14. The zero-order valence-electron chi connectivity index (χ0n) is 7.83. The second kappa shape index (κ2) is 3.83. The molecule has 0 bridgehead atoms. The van der Waals surface area contributed by atoms with Crippen molar-refractivity contribution in [2.75, 3.05) is 0 Å². The second-order valence-corrected chi connectivity index (χ2v) is 5.26. The first kappa shape index (κ1) is 9.87. The minimum atomic E-state index is 0.457. The third-order valence-corrected chi connectivity index (χ3v) is 3.40. The number of benzene rings is 1. The Morgan fingerprint density at radius 3 is 3.14 bits per heavy atom. The van der Waals surface area contributed by atoms with Crippen LogP contribution in [0.25, 0.3) is 0 Å². The van der Waals surface area contributed by atoms with E-state index in [4.69, 9.17) is 17.3 Å². The summed E-state index contributed by atoms with van der Waals surface area (Å²) in [5, 5.41) is 1.21. The van der Waals surface area contributed by atoms with Crippen molar-refractivity contribution in [1.29, 1.82) is 0 Å². The largest absolute Gasteiger partial charge is 0.387 e. The molecule has 14 heavy (non-hydrogen) atoms. The molecule has 0 fully saturated rings. The summed E-state index contributed by atoms with van der Waals surface area (Å²) in [4.78, 5) is 5.46. The van der Waals surface area contributed by atoms with E-state index in [2.05, 4.69) is 11.9 Å². The molecule has 0 saturated carbocycles. The molecule has 2 N–H and O–H groups in total. The maximum Gasteiger partial charge on any atom is 0.101 e. The van der Waals surface area contributed by atoms with Crippen molar-refractivity contribution in [2.24, 2.45) is 10.7 Å². The van der Waals surface area contributed by atoms with Gasteiger partial charge < -0.3 is 5.73 Å². The molecule has 0 radical (unpaired) electrons. The quantitative estimate of drug-likeness (QED) is 0.738. The van der Waals surface area contributed by atoms with Crippen molar-refractivity contribution < 1.29 is 0 Å². The van der Waals surface area contributed by atoms with Crippen molar-refractivity contribution in [1.82, 2.24) is 0 Å². The first-order valence-electron chi connectivity index (χ1n) is 4.44. The van der Waals surface area contributed by atoms with Crippen LogP contribution in [-0.4, -0.2) is 11.1 Å². The van der Waals surface area contributed by atoms with Gasteiger partial charge in [0.05, 0.1) is 5.69 Å². The monoisotopic (exact) mass is 226 g/mol. The molecule has 1 aromatic carbocycles. The van der Waals surface area contributed by atoms with E-state index in [9.17, 15) is 0 Å². The third kappa shape index (κ3) is 2.04. The topological polar surface area (TPSA) is 38.4 Å². The molecule has 1 aromatic rings. The molecule has 1 heterocycles. The van der Waals surface area contributed by atoms with Crippen molar-refractivity contribution >= 4 is 34.9 Å². The zero-order valence-corrected chi connectivity index (χ0v) is 9.40. The molecule has 74 valence electrons.